The van der Waals surface area contributed by atoms with Crippen molar-refractivity contribution >= 4 is 17.7 Å². The zero-order valence-electron chi connectivity index (χ0n) is 11.6. The third-order valence-corrected chi connectivity index (χ3v) is 3.79. The molecule has 1 aromatic rings. The Labute approximate surface area is 121 Å². The summed E-state index contributed by atoms with van der Waals surface area (Å²) >= 11 is 0. The molecule has 0 aromatic heterocycles. The Kier molecular flexibility index (Phi) is 3.32. The molecular formula is C14H16N2O5. The number of rotatable bonds is 2. The first-order chi connectivity index (χ1) is 10.0. The largest absolute Gasteiger partial charge is 0.481 e. The van der Waals surface area contributed by atoms with Gasteiger partial charge in [-0.25, -0.2) is 4.79 Å². The first-order valence-electron chi connectivity index (χ1n) is 6.73. The predicted octanol–water partition coefficient (Wildman–Crippen LogP) is 1.66. The molecule has 1 fully saturated rings. The number of carboxylic acid groups (broad SMARTS) is 1. The number of nitrogens with one attached hydrogen (secondary N) is 1. The van der Waals surface area contributed by atoms with Gasteiger partial charge in [-0.15, -0.1) is 0 Å². The quantitative estimate of drug-likeness (QED) is 0.865. The maximum atomic E-state index is 12.2. The number of hydrogen-bond acceptors (Lipinski definition) is 4. The standard InChI is InChI=1S/C14H16N2O5/c1-8-4-11-12(21-7-20-11)5-10(8)15-14(19)16-3-2-9(6-16)13(17)18/h4-5,9H,2-3,6-7H2,1H3,(H,15,19)(H,17,18). The normalized spacial score (nSPS) is 19.7. The zero-order valence-corrected chi connectivity index (χ0v) is 11.6. The number of urea groups is 1. The number of carbonyl (C=O) groups excluding carboxylic acids is 1. The summed E-state index contributed by atoms with van der Waals surface area (Å²) in [4.78, 5) is 24.6. The summed E-state index contributed by atoms with van der Waals surface area (Å²) in [5, 5.41) is 11.8. The molecule has 1 unspecified atom stereocenters. The number of aliphatic carboxylic acids is 1. The van der Waals surface area contributed by atoms with Gasteiger partial charge in [0.1, 0.15) is 0 Å². The second-order valence-electron chi connectivity index (χ2n) is 5.22. The molecule has 1 aromatic carbocycles. The van der Waals surface area contributed by atoms with Gasteiger partial charge in [0.25, 0.3) is 0 Å². The molecule has 7 heteroatoms. The van der Waals surface area contributed by atoms with E-state index < -0.39 is 11.9 Å². The van der Waals surface area contributed by atoms with E-state index in [1.54, 1.807) is 6.07 Å². The highest BCUT2D eigenvalue weighted by atomic mass is 16.7. The van der Waals surface area contributed by atoms with Gasteiger partial charge in [0.15, 0.2) is 11.5 Å². The molecule has 0 aliphatic carbocycles. The molecule has 21 heavy (non-hydrogen) atoms. The lowest BCUT2D eigenvalue weighted by atomic mass is 10.1. The summed E-state index contributed by atoms with van der Waals surface area (Å²) in [7, 11) is 0. The summed E-state index contributed by atoms with van der Waals surface area (Å²) in [6, 6.07) is 3.24. The average molecular weight is 292 g/mol. The van der Waals surface area contributed by atoms with Crippen molar-refractivity contribution in [1.29, 1.82) is 0 Å². The smallest absolute Gasteiger partial charge is 0.321 e. The molecule has 0 radical (unpaired) electrons. The summed E-state index contributed by atoms with van der Waals surface area (Å²) < 4.78 is 10.6. The van der Waals surface area contributed by atoms with Crippen molar-refractivity contribution in [3.8, 4) is 11.5 Å². The fourth-order valence-electron chi connectivity index (χ4n) is 2.52. The fourth-order valence-corrected chi connectivity index (χ4v) is 2.52. The number of likely N-dealkylation sites (tertiary alicyclic amines) is 1. The minimum Gasteiger partial charge on any atom is -0.481 e. The van der Waals surface area contributed by atoms with Crippen LogP contribution in [0, 0.1) is 12.8 Å². The number of hydrogen-bond donors (Lipinski definition) is 2. The highest BCUT2D eigenvalue weighted by molar-refractivity contribution is 5.91. The van der Waals surface area contributed by atoms with Crippen LogP contribution in [-0.4, -0.2) is 41.9 Å². The molecular weight excluding hydrogens is 276 g/mol. The van der Waals surface area contributed by atoms with Gasteiger partial charge in [-0.05, 0) is 25.0 Å². The topological polar surface area (TPSA) is 88.1 Å². The second-order valence-corrected chi connectivity index (χ2v) is 5.22. The minimum atomic E-state index is -0.857. The Morgan fingerprint density at radius 1 is 1.33 bits per heavy atom. The second kappa shape index (κ2) is 5.16. The van der Waals surface area contributed by atoms with Gasteiger partial charge in [-0.3, -0.25) is 4.79 Å². The van der Waals surface area contributed by atoms with Crippen LogP contribution in [0.4, 0.5) is 10.5 Å². The number of carbonyl (C=O) groups is 2. The van der Waals surface area contributed by atoms with Gasteiger partial charge >= 0.3 is 12.0 Å². The number of ether oxygens (including phenoxy) is 2. The molecule has 2 N–H and O–H groups in total. The zero-order chi connectivity index (χ0) is 15.0. The Balaban J connectivity index is 1.70. The van der Waals surface area contributed by atoms with E-state index in [0.717, 1.165) is 5.56 Å². The molecule has 1 saturated heterocycles. The van der Waals surface area contributed by atoms with Crippen LogP contribution in [0.2, 0.25) is 0 Å². The monoisotopic (exact) mass is 292 g/mol. The third kappa shape index (κ3) is 2.58. The lowest BCUT2D eigenvalue weighted by Crippen LogP contribution is -2.34. The van der Waals surface area contributed by atoms with E-state index in [2.05, 4.69) is 5.32 Å². The maximum Gasteiger partial charge on any atom is 0.321 e. The van der Waals surface area contributed by atoms with Gasteiger partial charge in [0.05, 0.1) is 5.92 Å². The van der Waals surface area contributed by atoms with Crippen molar-refractivity contribution in [3.63, 3.8) is 0 Å². The molecule has 2 aliphatic rings. The Bertz CT molecular complexity index is 601. The van der Waals surface area contributed by atoms with Crippen molar-refractivity contribution in [1.82, 2.24) is 4.90 Å². The molecule has 2 heterocycles. The Morgan fingerprint density at radius 3 is 2.71 bits per heavy atom. The molecule has 0 saturated carbocycles. The van der Waals surface area contributed by atoms with Crippen LogP contribution in [0.3, 0.4) is 0 Å². The van der Waals surface area contributed by atoms with Crippen molar-refractivity contribution < 1.29 is 24.2 Å². The Morgan fingerprint density at radius 2 is 2.05 bits per heavy atom. The van der Waals surface area contributed by atoms with Gasteiger partial charge in [0, 0.05) is 24.8 Å². The molecule has 3 rings (SSSR count). The van der Waals surface area contributed by atoms with Crippen LogP contribution in [0.15, 0.2) is 12.1 Å². The summed E-state index contributed by atoms with van der Waals surface area (Å²) in [6.45, 7) is 2.73. The van der Waals surface area contributed by atoms with Crippen LogP contribution in [0.25, 0.3) is 0 Å². The number of aryl methyl sites for hydroxylation is 1. The van der Waals surface area contributed by atoms with E-state index in [0.29, 0.717) is 30.2 Å². The maximum absolute atomic E-state index is 12.2. The number of nitrogens with zero attached hydrogens (tertiary/aromatic N) is 1. The number of anilines is 1. The predicted molar refractivity (Wildman–Crippen MR) is 73.6 cm³/mol. The molecule has 112 valence electrons. The lowest BCUT2D eigenvalue weighted by Gasteiger charge is -2.18. The summed E-state index contributed by atoms with van der Waals surface area (Å²) in [5.74, 6) is -0.0727. The average Bonchev–Trinajstić information content (AvgIpc) is 3.07. The first-order valence-corrected chi connectivity index (χ1v) is 6.73. The van der Waals surface area contributed by atoms with Crippen LogP contribution in [-0.2, 0) is 4.79 Å². The highest BCUT2D eigenvalue weighted by Gasteiger charge is 2.31. The van der Waals surface area contributed by atoms with Crippen LogP contribution >= 0.6 is 0 Å². The van der Waals surface area contributed by atoms with Crippen molar-refractivity contribution in [2.24, 2.45) is 5.92 Å². The van der Waals surface area contributed by atoms with Crippen LogP contribution < -0.4 is 14.8 Å². The van der Waals surface area contributed by atoms with Gasteiger partial charge in [-0.2, -0.15) is 0 Å². The third-order valence-electron chi connectivity index (χ3n) is 3.79. The molecule has 1 atom stereocenters. The minimum absolute atomic E-state index is 0.179. The molecule has 0 bridgehead atoms. The molecule has 2 amide bonds. The number of amides is 2. The van der Waals surface area contributed by atoms with Crippen LogP contribution in [0.1, 0.15) is 12.0 Å². The SMILES string of the molecule is Cc1cc2c(cc1NC(=O)N1CCC(C(=O)O)C1)OCO2. The van der Waals surface area contributed by atoms with Crippen molar-refractivity contribution in [2.45, 2.75) is 13.3 Å². The van der Waals surface area contributed by atoms with Crippen molar-refractivity contribution in [2.75, 3.05) is 25.2 Å². The van der Waals surface area contributed by atoms with E-state index >= 15 is 0 Å². The van der Waals surface area contributed by atoms with E-state index in [9.17, 15) is 9.59 Å². The number of carboxylic acids is 1. The van der Waals surface area contributed by atoms with Crippen molar-refractivity contribution in [3.05, 3.63) is 17.7 Å². The van der Waals surface area contributed by atoms with Crippen LogP contribution in [0.5, 0.6) is 11.5 Å². The van der Waals surface area contributed by atoms with E-state index in [-0.39, 0.29) is 19.4 Å². The van der Waals surface area contributed by atoms with E-state index in [1.807, 2.05) is 13.0 Å². The summed E-state index contributed by atoms with van der Waals surface area (Å²) in [5.41, 5.74) is 1.50. The van der Waals surface area contributed by atoms with Gasteiger partial charge in [-0.1, -0.05) is 0 Å². The van der Waals surface area contributed by atoms with Gasteiger partial charge in [0.2, 0.25) is 6.79 Å². The first kappa shape index (κ1) is 13.5. The number of benzene rings is 1. The molecule has 7 nitrogen and oxygen atoms in total. The molecule has 0 spiro atoms. The lowest BCUT2D eigenvalue weighted by molar-refractivity contribution is -0.141. The van der Waals surface area contributed by atoms with Gasteiger partial charge < -0.3 is 24.8 Å². The van der Waals surface area contributed by atoms with E-state index in [4.69, 9.17) is 14.6 Å². The fraction of sp³-hybridized carbons (Fsp3) is 0.429. The highest BCUT2D eigenvalue weighted by Crippen LogP contribution is 2.36. The van der Waals surface area contributed by atoms with E-state index in [1.165, 1.54) is 4.90 Å². The molecule has 2 aliphatic heterocycles. The summed E-state index contributed by atoms with van der Waals surface area (Å²) in [6.07, 6.45) is 0.489. The Hall–Kier alpha value is -2.44. The number of fused-ring (bicyclic) bond motifs is 1.